The molecule has 0 aliphatic carbocycles. The molecule has 2 aliphatic rings. The molecular weight excluding hydrogens is 556 g/mol. The van der Waals surface area contributed by atoms with Gasteiger partial charge in [0.15, 0.2) is 0 Å². The number of hydrogen-bond donors (Lipinski definition) is 1. The van der Waals surface area contributed by atoms with Crippen LogP contribution in [0.4, 0.5) is 20.2 Å². The minimum Gasteiger partial charge on any atom is -0.376 e. The third-order valence-electron chi connectivity index (χ3n) is 7.60. The van der Waals surface area contributed by atoms with Crippen LogP contribution in [0.3, 0.4) is 0 Å². The van der Waals surface area contributed by atoms with Crippen LogP contribution in [0.1, 0.15) is 50.0 Å². The van der Waals surface area contributed by atoms with Crippen LogP contribution < -0.4 is 10.2 Å². The third kappa shape index (κ3) is 5.38. The number of fused-ring (bicyclic) bond motifs is 1. The van der Waals surface area contributed by atoms with Crippen molar-refractivity contribution in [1.82, 2.24) is 9.78 Å². The van der Waals surface area contributed by atoms with E-state index >= 15 is 8.78 Å². The number of anilines is 2. The smallest absolute Gasteiger partial charge is 0.298 e. The van der Waals surface area contributed by atoms with Gasteiger partial charge in [-0.1, -0.05) is 48.5 Å². The number of benzene rings is 3. The number of nitrogens with zero attached hydrogens (tertiary/aromatic N) is 4. The Balaban J connectivity index is 1.20. The minimum atomic E-state index is -3.20. The van der Waals surface area contributed by atoms with Gasteiger partial charge in [0.25, 0.3) is 17.7 Å². The first-order valence-corrected chi connectivity index (χ1v) is 13.7. The molecule has 1 saturated heterocycles. The van der Waals surface area contributed by atoms with E-state index in [4.69, 9.17) is 9.47 Å². The lowest BCUT2D eigenvalue weighted by atomic mass is 9.99. The van der Waals surface area contributed by atoms with Gasteiger partial charge >= 0.3 is 0 Å². The molecule has 0 spiro atoms. The molecule has 4 aromatic rings. The van der Waals surface area contributed by atoms with Gasteiger partial charge in [0.2, 0.25) is 0 Å². The molecule has 2 aliphatic heterocycles. The second-order valence-corrected chi connectivity index (χ2v) is 10.5. The number of alkyl halides is 2. The molecule has 43 heavy (non-hydrogen) atoms. The van der Waals surface area contributed by atoms with Crippen LogP contribution >= 0.6 is 0 Å². The SMILES string of the molecule is C[C@H]1Cn2ncc(C(=O)Nc3ccc(COC4COC4)c(C#N)c3)c2C(=O)N1c1ccc(C(F)(F)c2ccccc2)cc1. The highest BCUT2D eigenvalue weighted by Gasteiger charge is 2.37. The zero-order chi connectivity index (χ0) is 30.1. The second kappa shape index (κ2) is 11.4. The van der Waals surface area contributed by atoms with Crippen molar-refractivity contribution in [2.75, 3.05) is 23.4 Å². The Bertz CT molecular complexity index is 1710. The number of hydrogen-bond acceptors (Lipinski definition) is 6. The largest absolute Gasteiger partial charge is 0.376 e. The first-order chi connectivity index (χ1) is 20.8. The summed E-state index contributed by atoms with van der Waals surface area (Å²) in [6, 6.07) is 19.8. The Hall–Kier alpha value is -4.92. The molecule has 218 valence electrons. The summed E-state index contributed by atoms with van der Waals surface area (Å²) in [5.41, 5.74) is 1.66. The molecule has 0 unspecified atom stereocenters. The van der Waals surface area contributed by atoms with Gasteiger partial charge in [-0.25, -0.2) is 0 Å². The lowest BCUT2D eigenvalue weighted by Gasteiger charge is -2.34. The summed E-state index contributed by atoms with van der Waals surface area (Å²) in [5, 5.41) is 16.6. The van der Waals surface area contributed by atoms with Crippen LogP contribution in [-0.4, -0.2) is 47.0 Å². The predicted octanol–water partition coefficient (Wildman–Crippen LogP) is 5.11. The maximum Gasteiger partial charge on any atom is 0.298 e. The number of rotatable bonds is 8. The van der Waals surface area contributed by atoms with Gasteiger partial charge in [0.05, 0.1) is 55.8 Å². The van der Waals surface area contributed by atoms with E-state index < -0.39 is 17.7 Å². The highest BCUT2D eigenvalue weighted by atomic mass is 19.3. The topological polar surface area (TPSA) is 109 Å². The average molecular weight is 584 g/mol. The molecule has 0 bridgehead atoms. The van der Waals surface area contributed by atoms with Crippen LogP contribution in [0.2, 0.25) is 0 Å². The van der Waals surface area contributed by atoms with Crippen molar-refractivity contribution in [2.45, 2.75) is 38.1 Å². The van der Waals surface area contributed by atoms with Crippen molar-refractivity contribution >= 4 is 23.2 Å². The Morgan fingerprint density at radius 1 is 1.12 bits per heavy atom. The quantitative estimate of drug-likeness (QED) is 0.309. The second-order valence-electron chi connectivity index (χ2n) is 10.5. The van der Waals surface area contributed by atoms with Gasteiger partial charge in [-0.2, -0.15) is 19.1 Å². The molecule has 9 nitrogen and oxygen atoms in total. The summed E-state index contributed by atoms with van der Waals surface area (Å²) in [4.78, 5) is 28.5. The van der Waals surface area contributed by atoms with Gasteiger partial charge in [0.1, 0.15) is 11.8 Å². The molecular formula is C32H27F2N5O4. The lowest BCUT2D eigenvalue weighted by Crippen LogP contribution is -2.47. The monoisotopic (exact) mass is 583 g/mol. The summed E-state index contributed by atoms with van der Waals surface area (Å²) < 4.78 is 42.4. The summed E-state index contributed by atoms with van der Waals surface area (Å²) in [6.07, 6.45) is 1.34. The summed E-state index contributed by atoms with van der Waals surface area (Å²) in [7, 11) is 0. The average Bonchev–Trinajstić information content (AvgIpc) is 3.42. The van der Waals surface area contributed by atoms with Crippen molar-refractivity contribution < 1.29 is 27.8 Å². The van der Waals surface area contributed by atoms with Gasteiger partial charge < -0.3 is 19.7 Å². The molecule has 6 rings (SSSR count). The van der Waals surface area contributed by atoms with Gasteiger partial charge in [-0.15, -0.1) is 0 Å². The van der Waals surface area contributed by atoms with Gasteiger partial charge in [-0.05, 0) is 36.8 Å². The van der Waals surface area contributed by atoms with Crippen LogP contribution in [0, 0.1) is 11.3 Å². The fourth-order valence-electron chi connectivity index (χ4n) is 5.18. The van der Waals surface area contributed by atoms with Crippen molar-refractivity contribution in [3.63, 3.8) is 0 Å². The van der Waals surface area contributed by atoms with Crippen LogP contribution in [0.15, 0.2) is 79.0 Å². The Labute approximate surface area is 246 Å². The number of amides is 2. The van der Waals surface area contributed by atoms with E-state index in [1.807, 2.05) is 6.92 Å². The number of nitriles is 1. The van der Waals surface area contributed by atoms with E-state index in [1.54, 1.807) is 36.4 Å². The van der Waals surface area contributed by atoms with Crippen molar-refractivity contribution in [3.05, 3.63) is 113 Å². The van der Waals surface area contributed by atoms with Crippen LogP contribution in [-0.2, 0) is 28.5 Å². The zero-order valence-corrected chi connectivity index (χ0v) is 23.2. The number of carbonyl (C=O) groups is 2. The van der Waals surface area contributed by atoms with Crippen molar-refractivity contribution in [1.29, 1.82) is 5.26 Å². The fourth-order valence-corrected chi connectivity index (χ4v) is 5.18. The summed E-state index contributed by atoms with van der Waals surface area (Å²) >= 11 is 0. The number of halogens is 2. The number of ether oxygens (including phenoxy) is 2. The first-order valence-electron chi connectivity index (χ1n) is 13.7. The highest BCUT2D eigenvalue weighted by molar-refractivity contribution is 6.15. The van der Waals surface area contributed by atoms with E-state index in [0.717, 1.165) is 0 Å². The van der Waals surface area contributed by atoms with Gasteiger partial charge in [0, 0.05) is 22.5 Å². The number of carbonyl (C=O) groups excluding carboxylic acids is 2. The van der Waals surface area contributed by atoms with Crippen molar-refractivity contribution in [2.24, 2.45) is 0 Å². The van der Waals surface area contributed by atoms with E-state index in [0.29, 0.717) is 42.3 Å². The molecule has 3 heterocycles. The molecule has 1 aromatic heterocycles. The molecule has 1 N–H and O–H groups in total. The molecule has 1 fully saturated rings. The fraction of sp³-hybridized carbons (Fsp3) is 0.250. The molecule has 1 atom stereocenters. The first kappa shape index (κ1) is 28.2. The predicted molar refractivity (Wildman–Crippen MR) is 153 cm³/mol. The maximum atomic E-state index is 15.1. The normalized spacial score (nSPS) is 16.7. The highest BCUT2D eigenvalue weighted by Crippen LogP contribution is 2.37. The van der Waals surface area contributed by atoms with E-state index in [-0.39, 0.29) is 41.1 Å². The lowest BCUT2D eigenvalue weighted by molar-refractivity contribution is -0.135. The number of nitrogens with one attached hydrogen (secondary N) is 1. The zero-order valence-electron chi connectivity index (χ0n) is 23.2. The van der Waals surface area contributed by atoms with E-state index in [9.17, 15) is 14.9 Å². The summed E-state index contributed by atoms with van der Waals surface area (Å²) in [6.45, 7) is 3.42. The maximum absolute atomic E-state index is 15.1. The standard InChI is InChI=1S/C32H27F2N5O4/c1-20-16-38-29(31(41)39(20)26-11-8-24(9-12-26)32(33,34)23-5-3-2-4-6-23)28(15-36-38)30(40)37-25-10-7-21(22(13-25)14-35)17-43-27-18-42-19-27/h2-13,15,20,27H,16-19H2,1H3,(H,37,40)/t20-/m0/s1. The molecule has 0 radical (unpaired) electrons. The van der Waals surface area contributed by atoms with Crippen molar-refractivity contribution in [3.8, 4) is 6.07 Å². The van der Waals surface area contributed by atoms with Crippen LogP contribution in [0.5, 0.6) is 0 Å². The Morgan fingerprint density at radius 3 is 2.51 bits per heavy atom. The summed E-state index contributed by atoms with van der Waals surface area (Å²) in [5.74, 6) is -4.25. The molecule has 11 heteroatoms. The molecule has 0 saturated carbocycles. The van der Waals surface area contributed by atoms with E-state index in [1.165, 1.54) is 52.2 Å². The molecule has 2 amide bonds. The third-order valence-corrected chi connectivity index (χ3v) is 7.60. The Kier molecular flexibility index (Phi) is 7.48. The Morgan fingerprint density at radius 2 is 1.84 bits per heavy atom. The number of aromatic nitrogens is 2. The minimum absolute atomic E-state index is 0.00688. The van der Waals surface area contributed by atoms with Crippen LogP contribution in [0.25, 0.3) is 0 Å². The molecule has 3 aromatic carbocycles. The van der Waals surface area contributed by atoms with E-state index in [2.05, 4.69) is 16.5 Å². The van der Waals surface area contributed by atoms with Gasteiger partial charge in [-0.3, -0.25) is 14.3 Å².